The Morgan fingerprint density at radius 2 is 1.65 bits per heavy atom. The van der Waals surface area contributed by atoms with Crippen LogP contribution >= 0.6 is 0 Å². The molecular weight excluding hydrogens is 841 g/mol. The molecule has 3 aliphatic rings. The van der Waals surface area contributed by atoms with Crippen LogP contribution in [0.2, 0.25) is 0 Å². The quantitative estimate of drug-likeness (QED) is 0.134. The van der Waals surface area contributed by atoms with Crippen molar-refractivity contribution in [1.29, 1.82) is 0 Å². The number of carbonyl (C=O) groups is 2. The van der Waals surface area contributed by atoms with Crippen LogP contribution in [0.15, 0.2) is 24.5 Å². The van der Waals surface area contributed by atoms with Gasteiger partial charge >= 0.3 is 11.9 Å². The average molecular weight is 925 g/mol. The van der Waals surface area contributed by atoms with Crippen LogP contribution in [0, 0.1) is 17.8 Å². The maximum absolute atomic E-state index is 14.7. The minimum atomic E-state index is -1.86. The Labute approximate surface area is 388 Å². The van der Waals surface area contributed by atoms with Gasteiger partial charge in [-0.1, -0.05) is 20.8 Å². The van der Waals surface area contributed by atoms with Gasteiger partial charge in [0.1, 0.15) is 30.0 Å². The van der Waals surface area contributed by atoms with Crippen LogP contribution in [0.3, 0.4) is 0 Å². The van der Waals surface area contributed by atoms with Crippen molar-refractivity contribution < 1.29 is 63.2 Å². The molecule has 18 atom stereocenters. The Hall–Kier alpha value is -2.39. The van der Waals surface area contributed by atoms with Crippen molar-refractivity contribution in [3.8, 4) is 0 Å². The first kappa shape index (κ1) is 55.2. The van der Waals surface area contributed by atoms with Crippen molar-refractivity contribution in [2.75, 3.05) is 47.9 Å². The van der Waals surface area contributed by atoms with E-state index in [0.717, 1.165) is 12.0 Å². The summed E-state index contributed by atoms with van der Waals surface area (Å²) in [6, 6.07) is 3.01. The van der Waals surface area contributed by atoms with Crippen LogP contribution in [-0.4, -0.2) is 185 Å². The van der Waals surface area contributed by atoms with Gasteiger partial charge in [-0.2, -0.15) is 0 Å². The summed E-state index contributed by atoms with van der Waals surface area (Å²) in [5.74, 6) is -3.30. The number of nitrogens with zero attached hydrogens (tertiary/aromatic N) is 3. The average Bonchev–Trinajstić information content (AvgIpc) is 3.24. The largest absolute Gasteiger partial charge is 0.459 e. The van der Waals surface area contributed by atoms with Gasteiger partial charge in [0, 0.05) is 57.0 Å². The molecule has 0 bridgehead atoms. The number of cyclic esters (lactones) is 1. The minimum Gasteiger partial charge on any atom is -0.459 e. The van der Waals surface area contributed by atoms with E-state index in [1.165, 1.54) is 14.0 Å². The maximum atomic E-state index is 14.7. The SMILES string of the molecule is CC[C@@H]1OC(=O)[C@H](C)[C@@H](O[C@H]2C[C@@](C)(OC)[C@@H](O)[C@H](C)O2)[C@H](C)[C@@H](O[C@@H]2O[C@H](C)C[C@H](N(C)C)[C@H]2O)[C@@](C)(O)C[C@@H](C)CN(C)[C@@H](C)[C@@H](OC(=O)CCNCCc2ccncc2)[C@]1(C)O. The Balaban J connectivity index is 1.73. The van der Waals surface area contributed by atoms with E-state index in [4.69, 9.17) is 33.2 Å². The summed E-state index contributed by atoms with van der Waals surface area (Å²) in [4.78, 5) is 36.3. The lowest BCUT2D eigenvalue weighted by Crippen LogP contribution is -2.61. The second-order valence-corrected chi connectivity index (χ2v) is 20.2. The zero-order chi connectivity index (χ0) is 48.6. The molecule has 0 aliphatic carbocycles. The Kier molecular flexibility index (Phi) is 20.2. The maximum Gasteiger partial charge on any atom is 0.311 e. The zero-order valence-corrected chi connectivity index (χ0v) is 41.6. The molecule has 17 nitrogen and oxygen atoms in total. The van der Waals surface area contributed by atoms with Crippen LogP contribution in [0.25, 0.3) is 0 Å². The Bertz CT molecular complexity index is 1620. The van der Waals surface area contributed by atoms with E-state index in [2.05, 4.69) is 10.3 Å². The van der Waals surface area contributed by atoms with Gasteiger partial charge in [0.25, 0.3) is 0 Å². The summed E-state index contributed by atoms with van der Waals surface area (Å²) < 4.78 is 44.4. The second-order valence-electron chi connectivity index (χ2n) is 20.2. The minimum absolute atomic E-state index is 0.0407. The van der Waals surface area contributed by atoms with Gasteiger partial charge in [0.15, 0.2) is 12.6 Å². The molecule has 17 heteroatoms. The normalized spacial score (nSPS) is 41.9. The number of hydrogen-bond acceptors (Lipinski definition) is 17. The highest BCUT2D eigenvalue weighted by Crippen LogP contribution is 2.40. The lowest BCUT2D eigenvalue weighted by Gasteiger charge is -2.48. The number of nitrogens with one attached hydrogen (secondary N) is 1. The number of carbonyl (C=O) groups excluding carboxylic acids is 2. The van der Waals surface area contributed by atoms with Crippen molar-refractivity contribution in [2.45, 2.75) is 198 Å². The van der Waals surface area contributed by atoms with Gasteiger partial charge in [-0.25, -0.2) is 0 Å². The molecule has 4 rings (SSSR count). The highest BCUT2D eigenvalue weighted by Gasteiger charge is 2.53. The third-order valence-corrected chi connectivity index (χ3v) is 14.3. The molecule has 1 aromatic heterocycles. The predicted molar refractivity (Wildman–Crippen MR) is 243 cm³/mol. The summed E-state index contributed by atoms with van der Waals surface area (Å²) in [6.45, 7) is 19.1. The molecule has 3 saturated heterocycles. The highest BCUT2D eigenvalue weighted by molar-refractivity contribution is 5.73. The zero-order valence-electron chi connectivity index (χ0n) is 41.6. The summed E-state index contributed by atoms with van der Waals surface area (Å²) in [5.41, 5.74) is -3.41. The summed E-state index contributed by atoms with van der Waals surface area (Å²) in [7, 11) is 7.14. The highest BCUT2D eigenvalue weighted by atomic mass is 16.7. The van der Waals surface area contributed by atoms with Gasteiger partial charge < -0.3 is 63.8 Å². The number of methoxy groups -OCH3 is 1. The first-order chi connectivity index (χ1) is 30.4. The number of aliphatic hydroxyl groups is 4. The summed E-state index contributed by atoms with van der Waals surface area (Å²) in [5, 5.41) is 51.4. The number of rotatable bonds is 14. The van der Waals surface area contributed by atoms with Crippen LogP contribution < -0.4 is 5.32 Å². The molecular formula is C48H84N4O13. The van der Waals surface area contributed by atoms with E-state index >= 15 is 0 Å². The van der Waals surface area contributed by atoms with E-state index in [-0.39, 0.29) is 43.7 Å². The van der Waals surface area contributed by atoms with Gasteiger partial charge in [0.05, 0.1) is 48.0 Å². The van der Waals surface area contributed by atoms with Crippen LogP contribution in [0.1, 0.15) is 107 Å². The van der Waals surface area contributed by atoms with Crippen LogP contribution in [-0.2, 0) is 49.2 Å². The van der Waals surface area contributed by atoms with Crippen molar-refractivity contribution >= 4 is 11.9 Å². The molecule has 0 radical (unpaired) electrons. The smallest absolute Gasteiger partial charge is 0.311 e. The van der Waals surface area contributed by atoms with Crippen molar-refractivity contribution in [2.24, 2.45) is 17.8 Å². The predicted octanol–water partition coefficient (Wildman–Crippen LogP) is 3.07. The molecule has 65 heavy (non-hydrogen) atoms. The van der Waals surface area contributed by atoms with Gasteiger partial charge in [-0.05, 0) is 125 Å². The molecule has 3 aliphatic heterocycles. The topological polar surface area (TPSA) is 211 Å². The summed E-state index contributed by atoms with van der Waals surface area (Å²) >= 11 is 0. The molecule has 0 saturated carbocycles. The van der Waals surface area contributed by atoms with E-state index in [1.54, 1.807) is 47.0 Å². The molecule has 374 valence electrons. The Morgan fingerprint density at radius 3 is 2.26 bits per heavy atom. The van der Waals surface area contributed by atoms with Gasteiger partial charge in [0.2, 0.25) is 0 Å². The van der Waals surface area contributed by atoms with E-state index in [0.29, 0.717) is 26.1 Å². The third-order valence-electron chi connectivity index (χ3n) is 14.3. The van der Waals surface area contributed by atoms with E-state index in [1.807, 2.05) is 70.8 Å². The number of aromatic nitrogens is 1. The van der Waals surface area contributed by atoms with Gasteiger partial charge in [-0.15, -0.1) is 0 Å². The van der Waals surface area contributed by atoms with E-state index < -0.39 is 102 Å². The van der Waals surface area contributed by atoms with Crippen LogP contribution in [0.4, 0.5) is 0 Å². The van der Waals surface area contributed by atoms with Crippen LogP contribution in [0.5, 0.6) is 0 Å². The van der Waals surface area contributed by atoms with E-state index in [9.17, 15) is 30.0 Å². The number of hydrogen-bond donors (Lipinski definition) is 5. The second kappa shape index (κ2) is 23.8. The summed E-state index contributed by atoms with van der Waals surface area (Å²) in [6.07, 6.45) is -4.27. The third kappa shape index (κ3) is 14.1. The first-order valence-corrected chi connectivity index (χ1v) is 23.7. The van der Waals surface area contributed by atoms with Crippen molar-refractivity contribution in [3.63, 3.8) is 0 Å². The molecule has 4 heterocycles. The standard InChI is InChI=1S/C48H84N4O13/c1-15-36-48(10,58)43(63-37(53)19-23-50-22-18-34-16-20-49-21-17-34)32(6)52(13)27-28(2)25-46(8,57)42(65-45-39(54)35(51(11)12)24-29(3)60-45)30(4)40(31(5)44(56)62-36)64-38-26-47(9,59-14)41(55)33(7)61-38/h16-17,20-21,28-33,35-36,38-43,45,50,54-55,57-58H,15,18-19,22-27H2,1-14H3/t28-,29-,30+,31-,32+,33+,35+,36+,38+,39-,40+,41+,42-,43-,45+,46+,47-,48-/m1/s1. The molecule has 3 fully saturated rings. The fourth-order valence-corrected chi connectivity index (χ4v) is 10.2. The lowest BCUT2D eigenvalue weighted by atomic mass is 9.77. The fourth-order valence-electron chi connectivity index (χ4n) is 10.2. The number of aliphatic hydroxyl groups excluding tert-OH is 2. The molecule has 5 N–H and O–H groups in total. The molecule has 0 aromatic carbocycles. The van der Waals surface area contributed by atoms with Crippen molar-refractivity contribution in [3.05, 3.63) is 30.1 Å². The molecule has 1 aromatic rings. The molecule has 0 unspecified atom stereocenters. The fraction of sp³-hybridized carbons (Fsp3) is 0.854. The number of ether oxygens (including phenoxy) is 7. The lowest BCUT2D eigenvalue weighted by molar-refractivity contribution is -0.318. The first-order valence-electron chi connectivity index (χ1n) is 23.7. The molecule has 0 spiro atoms. The molecule has 0 amide bonds. The monoisotopic (exact) mass is 925 g/mol. The van der Waals surface area contributed by atoms with Gasteiger partial charge in [-0.3, -0.25) is 19.5 Å². The number of pyridine rings is 1. The van der Waals surface area contributed by atoms with Crippen molar-refractivity contribution in [1.82, 2.24) is 20.1 Å². The number of likely N-dealkylation sites (N-methyl/N-ethyl adjacent to an activating group) is 2. The Morgan fingerprint density at radius 1 is 0.985 bits per heavy atom. The number of esters is 2.